The summed E-state index contributed by atoms with van der Waals surface area (Å²) >= 11 is 17.1. The van der Waals surface area contributed by atoms with Gasteiger partial charge >= 0.3 is 5.69 Å². The Labute approximate surface area is 122 Å². The molecule has 0 N–H and O–H groups in total. The van der Waals surface area contributed by atoms with Crippen LogP contribution in [0.15, 0.2) is 24.5 Å². The maximum Gasteiger partial charge on any atom is 0.313 e. The first-order valence-electron chi connectivity index (χ1n) is 4.76. The fraction of sp³-hybridized carbons (Fsp3) is 0. The lowest BCUT2D eigenvalue weighted by molar-refractivity contribution is -0.385. The van der Waals surface area contributed by atoms with Crippen molar-refractivity contribution < 1.29 is 9.66 Å². The Kier molecular flexibility index (Phi) is 4.04. The van der Waals surface area contributed by atoms with E-state index in [2.05, 4.69) is 9.97 Å². The summed E-state index contributed by atoms with van der Waals surface area (Å²) in [7, 11) is 0. The maximum atomic E-state index is 10.9. The average molecular weight is 321 g/mol. The van der Waals surface area contributed by atoms with Gasteiger partial charge in [-0.05, 0) is 0 Å². The van der Waals surface area contributed by atoms with Crippen LogP contribution in [0.3, 0.4) is 0 Å². The zero-order chi connectivity index (χ0) is 14.0. The van der Waals surface area contributed by atoms with Crippen molar-refractivity contribution in [2.75, 3.05) is 0 Å². The average Bonchev–Trinajstić information content (AvgIpc) is 2.33. The molecule has 0 aliphatic heterocycles. The van der Waals surface area contributed by atoms with Crippen molar-refractivity contribution in [1.82, 2.24) is 9.97 Å². The van der Waals surface area contributed by atoms with Gasteiger partial charge < -0.3 is 4.74 Å². The number of benzene rings is 1. The Morgan fingerprint density at radius 3 is 2.47 bits per heavy atom. The molecule has 1 aromatic carbocycles. The first-order valence-corrected chi connectivity index (χ1v) is 5.89. The van der Waals surface area contributed by atoms with Gasteiger partial charge in [-0.15, -0.1) is 0 Å². The van der Waals surface area contributed by atoms with Crippen LogP contribution in [0.25, 0.3) is 0 Å². The molecule has 0 bridgehead atoms. The third-order valence-corrected chi connectivity index (χ3v) is 2.90. The molecule has 0 spiro atoms. The summed E-state index contributed by atoms with van der Waals surface area (Å²) < 4.78 is 5.24. The smallest absolute Gasteiger partial charge is 0.313 e. The minimum absolute atomic E-state index is 0.00832. The van der Waals surface area contributed by atoms with E-state index in [0.29, 0.717) is 0 Å². The van der Waals surface area contributed by atoms with Crippen molar-refractivity contribution >= 4 is 40.5 Å². The monoisotopic (exact) mass is 319 g/mol. The Bertz CT molecular complexity index is 651. The highest BCUT2D eigenvalue weighted by atomic mass is 35.5. The molecule has 19 heavy (non-hydrogen) atoms. The van der Waals surface area contributed by atoms with Gasteiger partial charge in [-0.2, -0.15) is 4.98 Å². The third kappa shape index (κ3) is 3.23. The molecule has 0 atom stereocenters. The molecule has 0 unspecified atom stereocenters. The SMILES string of the molecule is O=[N+]([O-])c1cc(Cl)c(Cl)cc1Oc1cncc(Cl)n1. The Balaban J connectivity index is 2.44. The molecule has 2 rings (SSSR count). The van der Waals surface area contributed by atoms with Gasteiger partial charge in [0.15, 0.2) is 5.15 Å². The molecule has 2 aromatic rings. The third-order valence-electron chi connectivity index (χ3n) is 2.00. The highest BCUT2D eigenvalue weighted by molar-refractivity contribution is 6.42. The molecule has 0 saturated heterocycles. The van der Waals surface area contributed by atoms with E-state index < -0.39 is 4.92 Å². The second-order valence-electron chi connectivity index (χ2n) is 3.27. The van der Waals surface area contributed by atoms with Crippen LogP contribution >= 0.6 is 34.8 Å². The van der Waals surface area contributed by atoms with Crippen LogP contribution in [0.5, 0.6) is 11.6 Å². The van der Waals surface area contributed by atoms with E-state index in [1.165, 1.54) is 18.5 Å². The van der Waals surface area contributed by atoms with E-state index in [-0.39, 0.29) is 32.5 Å². The highest BCUT2D eigenvalue weighted by Gasteiger charge is 2.19. The molecule has 0 amide bonds. The summed E-state index contributed by atoms with van der Waals surface area (Å²) in [4.78, 5) is 17.8. The van der Waals surface area contributed by atoms with E-state index in [9.17, 15) is 10.1 Å². The predicted octanol–water partition coefficient (Wildman–Crippen LogP) is 4.14. The van der Waals surface area contributed by atoms with Gasteiger partial charge in [0.05, 0.1) is 27.4 Å². The number of ether oxygens (including phenoxy) is 1. The summed E-state index contributed by atoms with van der Waals surface area (Å²) in [5, 5.41) is 11.2. The Morgan fingerprint density at radius 1 is 1.16 bits per heavy atom. The zero-order valence-electron chi connectivity index (χ0n) is 9.01. The van der Waals surface area contributed by atoms with Gasteiger partial charge in [0.1, 0.15) is 0 Å². The fourth-order valence-corrected chi connectivity index (χ4v) is 1.68. The first-order chi connectivity index (χ1) is 8.97. The van der Waals surface area contributed by atoms with Crippen molar-refractivity contribution in [2.24, 2.45) is 0 Å². The number of nitro groups is 1. The number of nitro benzene ring substituents is 1. The molecular formula is C10H4Cl3N3O3. The lowest BCUT2D eigenvalue weighted by Crippen LogP contribution is -1.95. The molecule has 0 aliphatic rings. The lowest BCUT2D eigenvalue weighted by Gasteiger charge is -2.06. The van der Waals surface area contributed by atoms with Crippen LogP contribution in [-0.2, 0) is 0 Å². The van der Waals surface area contributed by atoms with Gasteiger partial charge in [-0.3, -0.25) is 15.1 Å². The number of aromatic nitrogens is 2. The normalized spacial score (nSPS) is 10.3. The van der Waals surface area contributed by atoms with E-state index in [1.54, 1.807) is 0 Å². The van der Waals surface area contributed by atoms with Gasteiger partial charge in [0, 0.05) is 12.1 Å². The van der Waals surface area contributed by atoms with Crippen LogP contribution in [0.2, 0.25) is 15.2 Å². The number of halogens is 3. The van der Waals surface area contributed by atoms with Gasteiger partial charge in [-0.1, -0.05) is 34.8 Å². The van der Waals surface area contributed by atoms with Crippen molar-refractivity contribution in [2.45, 2.75) is 0 Å². The molecule has 6 nitrogen and oxygen atoms in total. The summed E-state index contributed by atoms with van der Waals surface area (Å²) in [6, 6.07) is 2.32. The highest BCUT2D eigenvalue weighted by Crippen LogP contribution is 2.37. The Hall–Kier alpha value is -1.63. The zero-order valence-corrected chi connectivity index (χ0v) is 11.3. The predicted molar refractivity (Wildman–Crippen MR) is 70.2 cm³/mol. The van der Waals surface area contributed by atoms with E-state index in [0.717, 1.165) is 6.07 Å². The number of rotatable bonds is 3. The Morgan fingerprint density at radius 2 is 1.84 bits per heavy atom. The lowest BCUT2D eigenvalue weighted by atomic mass is 10.3. The molecule has 0 saturated carbocycles. The maximum absolute atomic E-state index is 10.9. The van der Waals surface area contributed by atoms with E-state index in [4.69, 9.17) is 39.5 Å². The van der Waals surface area contributed by atoms with Crippen molar-refractivity contribution in [1.29, 1.82) is 0 Å². The number of nitrogens with zero attached hydrogens (tertiary/aromatic N) is 3. The van der Waals surface area contributed by atoms with Gasteiger partial charge in [0.25, 0.3) is 0 Å². The molecule has 0 aliphatic carbocycles. The van der Waals surface area contributed by atoms with Crippen LogP contribution in [0, 0.1) is 10.1 Å². The van der Waals surface area contributed by atoms with Crippen LogP contribution in [0.4, 0.5) is 5.69 Å². The molecule has 9 heteroatoms. The van der Waals surface area contributed by atoms with E-state index >= 15 is 0 Å². The van der Waals surface area contributed by atoms with Crippen LogP contribution < -0.4 is 4.74 Å². The largest absolute Gasteiger partial charge is 0.430 e. The molecule has 1 aromatic heterocycles. The molecule has 0 radical (unpaired) electrons. The molecule has 98 valence electrons. The van der Waals surface area contributed by atoms with Crippen molar-refractivity contribution in [3.05, 3.63) is 49.8 Å². The quantitative estimate of drug-likeness (QED) is 0.627. The topological polar surface area (TPSA) is 78.2 Å². The van der Waals surface area contributed by atoms with Crippen LogP contribution in [0.1, 0.15) is 0 Å². The summed E-state index contributed by atoms with van der Waals surface area (Å²) in [6.45, 7) is 0. The summed E-state index contributed by atoms with van der Waals surface area (Å²) in [6.07, 6.45) is 2.57. The van der Waals surface area contributed by atoms with E-state index in [1.807, 2.05) is 0 Å². The van der Waals surface area contributed by atoms with Crippen molar-refractivity contribution in [3.8, 4) is 11.6 Å². The van der Waals surface area contributed by atoms with Crippen molar-refractivity contribution in [3.63, 3.8) is 0 Å². The van der Waals surface area contributed by atoms with Gasteiger partial charge in [-0.25, -0.2) is 0 Å². The fourth-order valence-electron chi connectivity index (χ4n) is 1.23. The first kappa shape index (κ1) is 13.8. The number of hydrogen-bond acceptors (Lipinski definition) is 5. The van der Waals surface area contributed by atoms with Crippen LogP contribution in [-0.4, -0.2) is 14.9 Å². The summed E-state index contributed by atoms with van der Waals surface area (Å²) in [5.41, 5.74) is -0.337. The molecule has 0 fully saturated rings. The second-order valence-corrected chi connectivity index (χ2v) is 4.47. The minimum atomic E-state index is -0.643. The minimum Gasteiger partial charge on any atom is -0.430 e. The molecular weight excluding hydrogens is 316 g/mol. The van der Waals surface area contributed by atoms with Gasteiger partial charge in [0.2, 0.25) is 11.6 Å². The summed E-state index contributed by atoms with van der Waals surface area (Å²) in [5.74, 6) is -0.0926. The molecule has 1 heterocycles. The number of hydrogen-bond donors (Lipinski definition) is 0. The second kappa shape index (κ2) is 5.56. The standard InChI is InChI=1S/C10H4Cl3N3O3/c11-5-1-7(16(17)18)8(2-6(5)12)19-10-4-14-3-9(13)15-10/h1-4H.